The predicted molar refractivity (Wildman–Crippen MR) is 106 cm³/mol. The Labute approximate surface area is 164 Å². The van der Waals surface area contributed by atoms with E-state index in [4.69, 9.17) is 5.10 Å². The summed E-state index contributed by atoms with van der Waals surface area (Å²) in [4.78, 5) is 23.7. The lowest BCUT2D eigenvalue weighted by molar-refractivity contribution is 0.0761. The van der Waals surface area contributed by atoms with Crippen LogP contribution < -0.4 is 0 Å². The molecule has 142 valence electrons. The highest BCUT2D eigenvalue weighted by Crippen LogP contribution is 2.37. The van der Waals surface area contributed by atoms with Gasteiger partial charge in [0.25, 0.3) is 5.91 Å². The first-order chi connectivity index (χ1) is 13.7. The van der Waals surface area contributed by atoms with Gasteiger partial charge in [0.15, 0.2) is 0 Å². The monoisotopic (exact) mass is 373 g/mol. The van der Waals surface area contributed by atoms with Crippen molar-refractivity contribution in [3.05, 3.63) is 65.4 Å². The minimum Gasteiger partial charge on any atom is -0.338 e. The molecule has 2 aliphatic rings. The van der Waals surface area contributed by atoms with Crippen LogP contribution in [0.3, 0.4) is 0 Å². The maximum Gasteiger partial charge on any atom is 0.257 e. The molecule has 6 nitrogen and oxygen atoms in total. The fourth-order valence-electron chi connectivity index (χ4n) is 3.99. The average molecular weight is 373 g/mol. The second-order valence-electron chi connectivity index (χ2n) is 7.66. The van der Waals surface area contributed by atoms with E-state index in [9.17, 15) is 4.79 Å². The highest BCUT2D eigenvalue weighted by Gasteiger charge is 2.28. The van der Waals surface area contributed by atoms with Gasteiger partial charge in [0.1, 0.15) is 5.82 Å². The molecule has 28 heavy (non-hydrogen) atoms. The van der Waals surface area contributed by atoms with E-state index >= 15 is 0 Å². The Balaban J connectivity index is 1.37. The van der Waals surface area contributed by atoms with Crippen LogP contribution >= 0.6 is 0 Å². The van der Waals surface area contributed by atoms with Crippen LogP contribution in [0.1, 0.15) is 46.2 Å². The van der Waals surface area contributed by atoms with Crippen molar-refractivity contribution < 1.29 is 4.79 Å². The van der Waals surface area contributed by atoms with Crippen LogP contribution in [-0.2, 0) is 19.9 Å². The fraction of sp³-hybridized carbons (Fsp3) is 0.364. The molecule has 0 bridgehead atoms. The number of carbonyl (C=O) groups is 1. The molecule has 1 aromatic carbocycles. The van der Waals surface area contributed by atoms with Crippen molar-refractivity contribution in [2.24, 2.45) is 7.05 Å². The van der Waals surface area contributed by atoms with Crippen molar-refractivity contribution >= 4 is 5.91 Å². The zero-order chi connectivity index (χ0) is 19.1. The topological polar surface area (TPSA) is 63.9 Å². The molecule has 0 atom stereocenters. The quantitative estimate of drug-likeness (QED) is 0.708. The molecule has 0 N–H and O–H groups in total. The van der Waals surface area contributed by atoms with E-state index in [1.54, 1.807) is 12.4 Å². The van der Waals surface area contributed by atoms with Crippen molar-refractivity contribution in [1.29, 1.82) is 0 Å². The van der Waals surface area contributed by atoms with Gasteiger partial charge in [0.05, 0.1) is 11.3 Å². The van der Waals surface area contributed by atoms with E-state index in [1.807, 2.05) is 34.8 Å². The number of fused-ring (bicyclic) bond motifs is 1. The minimum absolute atomic E-state index is 0.0179. The number of rotatable bonds is 3. The van der Waals surface area contributed by atoms with Gasteiger partial charge in [0, 0.05) is 61.7 Å². The summed E-state index contributed by atoms with van der Waals surface area (Å²) in [7, 11) is 1.99. The van der Waals surface area contributed by atoms with Crippen LogP contribution in [-0.4, -0.2) is 43.6 Å². The second kappa shape index (κ2) is 6.86. The van der Waals surface area contributed by atoms with Gasteiger partial charge in [-0.25, -0.2) is 9.97 Å². The van der Waals surface area contributed by atoms with Crippen molar-refractivity contribution in [3.63, 3.8) is 0 Å². The molecule has 5 rings (SSSR count). The molecule has 1 aliphatic heterocycles. The van der Waals surface area contributed by atoms with Gasteiger partial charge in [0.2, 0.25) is 0 Å². The fourth-order valence-corrected chi connectivity index (χ4v) is 3.99. The van der Waals surface area contributed by atoms with Gasteiger partial charge < -0.3 is 4.90 Å². The predicted octanol–water partition coefficient (Wildman–Crippen LogP) is 3.00. The smallest absolute Gasteiger partial charge is 0.257 e. The molecular formula is C22H23N5O. The molecule has 0 radical (unpaired) electrons. The Morgan fingerprint density at radius 1 is 1.04 bits per heavy atom. The Morgan fingerprint density at radius 2 is 1.75 bits per heavy atom. The van der Waals surface area contributed by atoms with Crippen LogP contribution in [0, 0.1) is 0 Å². The maximum atomic E-state index is 13.0. The molecule has 1 aliphatic carbocycles. The number of aromatic nitrogens is 4. The number of aryl methyl sites for hydroxylation is 1. The van der Waals surface area contributed by atoms with Crippen molar-refractivity contribution in [1.82, 2.24) is 24.6 Å². The Kier molecular flexibility index (Phi) is 4.19. The lowest BCUT2D eigenvalue weighted by Crippen LogP contribution is -2.33. The molecule has 0 saturated heterocycles. The van der Waals surface area contributed by atoms with E-state index in [2.05, 4.69) is 22.1 Å². The highest BCUT2D eigenvalue weighted by atomic mass is 16.2. The number of hydrogen-bond acceptors (Lipinski definition) is 4. The van der Waals surface area contributed by atoms with Crippen LogP contribution in [0.4, 0.5) is 0 Å². The summed E-state index contributed by atoms with van der Waals surface area (Å²) in [6.07, 6.45) is 7.32. The molecule has 1 amide bonds. The van der Waals surface area contributed by atoms with Gasteiger partial charge in [-0.15, -0.1) is 0 Å². The first-order valence-electron chi connectivity index (χ1n) is 9.92. The summed E-state index contributed by atoms with van der Waals surface area (Å²) in [6, 6.07) is 10.3. The third-order valence-electron chi connectivity index (χ3n) is 5.72. The number of nitrogens with zero attached hydrogens (tertiary/aromatic N) is 5. The standard InChI is InChI=1S/C22H23N5O/c1-26-19-10-12-27(22(28)17-13-23-21(24-14-17)16-7-8-16)11-9-18(19)20(25-26)15-5-3-2-4-6-15/h2-6,13-14,16H,7-12H2,1H3. The van der Waals surface area contributed by atoms with Gasteiger partial charge >= 0.3 is 0 Å². The van der Waals surface area contributed by atoms with Gasteiger partial charge in [-0.2, -0.15) is 5.10 Å². The van der Waals surface area contributed by atoms with Crippen LogP contribution in [0.15, 0.2) is 42.7 Å². The van der Waals surface area contributed by atoms with Crippen LogP contribution in [0.5, 0.6) is 0 Å². The molecular weight excluding hydrogens is 350 g/mol. The Bertz CT molecular complexity index is 1010. The molecule has 0 spiro atoms. The maximum absolute atomic E-state index is 13.0. The summed E-state index contributed by atoms with van der Waals surface area (Å²) in [5.41, 5.74) is 5.21. The molecule has 3 aromatic rings. The lowest BCUT2D eigenvalue weighted by Gasteiger charge is -2.20. The Hall–Kier alpha value is -3.02. The van der Waals surface area contributed by atoms with E-state index in [1.165, 1.54) is 11.3 Å². The lowest BCUT2D eigenvalue weighted by atomic mass is 10.0. The summed E-state index contributed by atoms with van der Waals surface area (Å²) in [6.45, 7) is 1.37. The van der Waals surface area contributed by atoms with E-state index in [0.29, 0.717) is 24.6 Å². The van der Waals surface area contributed by atoms with Crippen molar-refractivity contribution in [2.75, 3.05) is 13.1 Å². The average Bonchev–Trinajstić information content (AvgIpc) is 3.56. The van der Waals surface area contributed by atoms with Crippen LogP contribution in [0.2, 0.25) is 0 Å². The molecule has 6 heteroatoms. The molecule has 1 saturated carbocycles. The number of hydrogen-bond donors (Lipinski definition) is 0. The third kappa shape index (κ3) is 3.09. The minimum atomic E-state index is 0.0179. The third-order valence-corrected chi connectivity index (χ3v) is 5.72. The van der Waals surface area contributed by atoms with Crippen LogP contribution in [0.25, 0.3) is 11.3 Å². The zero-order valence-electron chi connectivity index (χ0n) is 16.0. The Morgan fingerprint density at radius 3 is 2.46 bits per heavy atom. The van der Waals surface area contributed by atoms with Gasteiger partial charge in [-0.1, -0.05) is 30.3 Å². The largest absolute Gasteiger partial charge is 0.338 e. The zero-order valence-corrected chi connectivity index (χ0v) is 16.0. The molecule has 3 heterocycles. The number of carbonyl (C=O) groups excluding carboxylic acids is 1. The summed E-state index contributed by atoms with van der Waals surface area (Å²) < 4.78 is 1.97. The number of amides is 1. The second-order valence-corrected chi connectivity index (χ2v) is 7.66. The normalized spacial score (nSPS) is 16.5. The highest BCUT2D eigenvalue weighted by molar-refractivity contribution is 5.93. The molecule has 2 aromatic heterocycles. The van der Waals surface area contributed by atoms with Gasteiger partial charge in [-0.3, -0.25) is 9.48 Å². The molecule has 1 fully saturated rings. The van der Waals surface area contributed by atoms with Crippen molar-refractivity contribution in [2.45, 2.75) is 31.6 Å². The summed E-state index contributed by atoms with van der Waals surface area (Å²) in [5, 5.41) is 4.76. The van der Waals surface area contributed by atoms with Crippen molar-refractivity contribution in [3.8, 4) is 11.3 Å². The molecule has 0 unspecified atom stereocenters. The number of benzene rings is 1. The summed E-state index contributed by atoms with van der Waals surface area (Å²) >= 11 is 0. The van der Waals surface area contributed by atoms with E-state index in [0.717, 1.165) is 42.8 Å². The summed E-state index contributed by atoms with van der Waals surface area (Å²) in [5.74, 6) is 1.39. The SMILES string of the molecule is Cn1nc(-c2ccccc2)c2c1CCN(C(=O)c1cnc(C3CC3)nc1)CC2. The van der Waals surface area contributed by atoms with E-state index in [-0.39, 0.29) is 5.91 Å². The first-order valence-corrected chi connectivity index (χ1v) is 9.92. The van der Waals surface area contributed by atoms with Gasteiger partial charge in [-0.05, 0) is 19.3 Å². The van der Waals surface area contributed by atoms with E-state index < -0.39 is 0 Å². The first kappa shape index (κ1) is 17.1.